The summed E-state index contributed by atoms with van der Waals surface area (Å²) in [6, 6.07) is 0. The highest BCUT2D eigenvalue weighted by Crippen LogP contribution is 2.22. The number of carbonyl (C=O) groups is 2. The zero-order valence-electron chi connectivity index (χ0n) is 15.6. The van der Waals surface area contributed by atoms with E-state index in [2.05, 4.69) is 15.6 Å². The molecule has 0 aliphatic rings. The second-order valence-electron chi connectivity index (χ2n) is 6.13. The molecule has 2 amide bonds. The van der Waals surface area contributed by atoms with Gasteiger partial charge in [-0.05, 0) is 12.8 Å². The minimum Gasteiger partial charge on any atom is -0.432 e. The lowest BCUT2D eigenvalue weighted by molar-refractivity contribution is -0.0853. The zero-order chi connectivity index (χ0) is 20.4. The topological polar surface area (TPSA) is 165 Å². The number of aromatic nitrogens is 1. The van der Waals surface area contributed by atoms with Crippen LogP contribution in [0.1, 0.15) is 72.6 Å². The predicted molar refractivity (Wildman–Crippen MR) is 95.0 cm³/mol. The van der Waals surface area contributed by atoms with E-state index in [1.165, 1.54) is 0 Å². The van der Waals surface area contributed by atoms with Gasteiger partial charge < -0.3 is 35.5 Å². The van der Waals surface area contributed by atoms with E-state index < -0.39 is 42.6 Å². The highest BCUT2D eigenvalue weighted by molar-refractivity contribution is 6.04. The molecule has 0 saturated heterocycles. The van der Waals surface area contributed by atoms with Crippen molar-refractivity contribution in [2.24, 2.45) is 0 Å². The summed E-state index contributed by atoms with van der Waals surface area (Å²) in [6.07, 6.45) is -2.09. The Morgan fingerprint density at radius 1 is 1.04 bits per heavy atom. The van der Waals surface area contributed by atoms with Crippen molar-refractivity contribution in [3.05, 3.63) is 17.3 Å². The number of hydrogen-bond acceptors (Lipinski definition) is 8. The quantitative estimate of drug-likeness (QED) is 0.261. The molecule has 154 valence electrons. The van der Waals surface area contributed by atoms with Crippen LogP contribution in [-0.2, 0) is 0 Å². The van der Waals surface area contributed by atoms with Gasteiger partial charge in [0.15, 0.2) is 11.8 Å². The first-order valence-corrected chi connectivity index (χ1v) is 9.09. The third kappa shape index (κ3) is 6.58. The Balaban J connectivity index is 3.07. The maximum Gasteiger partial charge on any atom is 0.289 e. The molecule has 1 aromatic heterocycles. The van der Waals surface area contributed by atoms with Crippen LogP contribution in [0.5, 0.6) is 0 Å². The van der Waals surface area contributed by atoms with Crippen LogP contribution >= 0.6 is 0 Å². The molecule has 0 aromatic carbocycles. The van der Waals surface area contributed by atoms with Gasteiger partial charge in [-0.3, -0.25) is 9.59 Å². The maximum absolute atomic E-state index is 12.3. The normalized spacial score (nSPS) is 14.4. The monoisotopic (exact) mass is 387 g/mol. The van der Waals surface area contributed by atoms with Crippen LogP contribution in [-0.4, -0.2) is 69.1 Å². The average Bonchev–Trinajstić information content (AvgIpc) is 3.12. The van der Waals surface area contributed by atoms with Crippen molar-refractivity contribution in [2.45, 2.75) is 57.8 Å². The van der Waals surface area contributed by atoms with Crippen molar-refractivity contribution in [1.82, 2.24) is 15.6 Å². The molecular weight excluding hydrogens is 358 g/mol. The average molecular weight is 387 g/mol. The predicted octanol–water partition coefficient (Wildman–Crippen LogP) is -0.518. The minimum atomic E-state index is -1.83. The lowest BCUT2D eigenvalue weighted by atomic mass is 10.1. The number of unbranched alkanes of at least 4 members (excludes halogenated alkanes) is 2. The fraction of sp³-hybridized carbons (Fsp3) is 0.706. The highest BCUT2D eigenvalue weighted by atomic mass is 16.4. The van der Waals surface area contributed by atoms with Crippen molar-refractivity contribution in [3.8, 4) is 0 Å². The van der Waals surface area contributed by atoms with Crippen LogP contribution in [0, 0.1) is 0 Å². The molecule has 0 spiro atoms. The lowest BCUT2D eigenvalue weighted by Crippen LogP contribution is -2.35. The molecule has 0 bridgehead atoms. The number of carbonyl (C=O) groups excluding carboxylic acids is 2. The van der Waals surface area contributed by atoms with Crippen LogP contribution in [0.15, 0.2) is 4.42 Å². The van der Waals surface area contributed by atoms with Gasteiger partial charge in [0.25, 0.3) is 11.8 Å². The van der Waals surface area contributed by atoms with Gasteiger partial charge in [0.1, 0.15) is 12.2 Å². The number of aliphatic hydroxyl groups is 4. The van der Waals surface area contributed by atoms with E-state index >= 15 is 0 Å². The number of rotatable bonds is 12. The van der Waals surface area contributed by atoms with Crippen molar-refractivity contribution in [3.63, 3.8) is 0 Å². The maximum atomic E-state index is 12.3. The Labute approximate surface area is 157 Å². The number of aliphatic hydroxyl groups excluding tert-OH is 4. The molecule has 0 aliphatic carbocycles. The van der Waals surface area contributed by atoms with Gasteiger partial charge in [-0.1, -0.05) is 26.7 Å². The van der Waals surface area contributed by atoms with Crippen LogP contribution < -0.4 is 10.6 Å². The second kappa shape index (κ2) is 11.7. The van der Waals surface area contributed by atoms with Crippen LogP contribution in [0.3, 0.4) is 0 Å². The summed E-state index contributed by atoms with van der Waals surface area (Å²) < 4.78 is 5.23. The molecule has 0 fully saturated rings. The second-order valence-corrected chi connectivity index (χ2v) is 6.13. The number of hydrogen-bond donors (Lipinski definition) is 6. The highest BCUT2D eigenvalue weighted by Gasteiger charge is 2.33. The minimum absolute atomic E-state index is 0.320. The molecule has 0 saturated carbocycles. The number of nitrogens with zero attached hydrogens (tertiary/aromatic N) is 1. The first kappa shape index (κ1) is 23.0. The molecule has 0 aliphatic heterocycles. The third-order valence-corrected chi connectivity index (χ3v) is 3.85. The number of oxazole rings is 1. The largest absolute Gasteiger partial charge is 0.432 e. The summed E-state index contributed by atoms with van der Waals surface area (Å²) in [5, 5.41) is 43.4. The molecule has 1 rings (SSSR count). The molecule has 10 nitrogen and oxygen atoms in total. The summed E-state index contributed by atoms with van der Waals surface area (Å²) in [4.78, 5) is 28.5. The molecule has 27 heavy (non-hydrogen) atoms. The van der Waals surface area contributed by atoms with Crippen LogP contribution in [0.4, 0.5) is 0 Å². The summed E-state index contributed by atoms with van der Waals surface area (Å²) in [6.45, 7) is 3.86. The Morgan fingerprint density at radius 3 is 2.11 bits per heavy atom. The van der Waals surface area contributed by atoms with Crippen LogP contribution in [0.2, 0.25) is 0 Å². The van der Waals surface area contributed by atoms with E-state index in [9.17, 15) is 24.9 Å². The van der Waals surface area contributed by atoms with Gasteiger partial charge in [-0.25, -0.2) is 4.98 Å². The van der Waals surface area contributed by atoms with Crippen LogP contribution in [0.25, 0.3) is 0 Å². The summed E-state index contributed by atoms with van der Waals surface area (Å²) >= 11 is 0. The van der Waals surface area contributed by atoms with E-state index in [4.69, 9.17) is 9.52 Å². The Bertz CT molecular complexity index is 566. The summed E-state index contributed by atoms with van der Waals surface area (Å²) in [7, 11) is 0. The standard InChI is InChI=1S/C17H29N3O7/c1-3-5-7-18-15(25)11-14(16(26)19-8-6-4-2)27-17(20-11)13(24)12(23)10(22)9-21/h10,12-13,21-24H,3-9H2,1-2H3,(H,18,25)(H,19,26)/t10-,12-,13-/m1/s1. The molecule has 0 unspecified atom stereocenters. The summed E-state index contributed by atoms with van der Waals surface area (Å²) in [5.74, 6) is -2.22. The van der Waals surface area contributed by atoms with Gasteiger partial charge >= 0.3 is 0 Å². The third-order valence-electron chi connectivity index (χ3n) is 3.85. The molecule has 0 radical (unpaired) electrons. The van der Waals surface area contributed by atoms with Gasteiger partial charge in [0.05, 0.1) is 6.61 Å². The first-order chi connectivity index (χ1) is 12.9. The number of amides is 2. The zero-order valence-corrected chi connectivity index (χ0v) is 15.6. The van der Waals surface area contributed by atoms with Gasteiger partial charge in [0.2, 0.25) is 11.7 Å². The smallest absolute Gasteiger partial charge is 0.289 e. The fourth-order valence-corrected chi connectivity index (χ4v) is 2.16. The SMILES string of the molecule is CCCCNC(=O)c1nc([C@H](O)[C@H](O)[C@H](O)CO)oc1C(=O)NCCCC. The van der Waals surface area contributed by atoms with E-state index in [1.54, 1.807) is 0 Å². The molecular formula is C17H29N3O7. The molecule has 1 aromatic rings. The van der Waals surface area contributed by atoms with Gasteiger partial charge in [-0.2, -0.15) is 0 Å². The van der Waals surface area contributed by atoms with Gasteiger partial charge in [-0.15, -0.1) is 0 Å². The van der Waals surface area contributed by atoms with Crippen molar-refractivity contribution < 1.29 is 34.4 Å². The number of nitrogens with one attached hydrogen (secondary N) is 2. The molecule has 6 N–H and O–H groups in total. The van der Waals surface area contributed by atoms with Crippen molar-refractivity contribution >= 4 is 11.8 Å². The van der Waals surface area contributed by atoms with E-state index in [1.807, 2.05) is 13.8 Å². The fourth-order valence-electron chi connectivity index (χ4n) is 2.16. The van der Waals surface area contributed by atoms with E-state index in [0.29, 0.717) is 13.1 Å². The molecule has 3 atom stereocenters. The first-order valence-electron chi connectivity index (χ1n) is 9.09. The van der Waals surface area contributed by atoms with Crippen molar-refractivity contribution in [1.29, 1.82) is 0 Å². The summed E-state index contributed by atoms with van der Waals surface area (Å²) in [5.41, 5.74) is -0.320. The van der Waals surface area contributed by atoms with E-state index in [0.717, 1.165) is 25.7 Å². The molecule has 10 heteroatoms. The lowest BCUT2D eigenvalue weighted by Gasteiger charge is -2.18. The van der Waals surface area contributed by atoms with Gasteiger partial charge in [0, 0.05) is 13.1 Å². The van der Waals surface area contributed by atoms with E-state index in [-0.39, 0.29) is 11.5 Å². The Hall–Kier alpha value is -2.01. The Morgan fingerprint density at radius 2 is 1.59 bits per heavy atom. The van der Waals surface area contributed by atoms with Crippen molar-refractivity contribution in [2.75, 3.05) is 19.7 Å². The Kier molecular flexibility index (Phi) is 9.94. The molecule has 1 heterocycles.